The zero-order valence-electron chi connectivity index (χ0n) is 19.4. The minimum absolute atomic E-state index is 0.100. The van der Waals surface area contributed by atoms with Gasteiger partial charge in [-0.25, -0.2) is 9.48 Å². The highest BCUT2D eigenvalue weighted by Crippen LogP contribution is 2.36. The number of carbonyl (C=O) groups excluding carboxylic acids is 1. The van der Waals surface area contributed by atoms with Crippen LogP contribution >= 0.6 is 0 Å². The first kappa shape index (κ1) is 24.4. The lowest BCUT2D eigenvalue weighted by Gasteiger charge is -2.21. The molecule has 1 aliphatic rings. The first-order chi connectivity index (χ1) is 16.8. The van der Waals surface area contributed by atoms with Gasteiger partial charge in [-0.1, -0.05) is 19.3 Å². The Bertz CT molecular complexity index is 1150. The van der Waals surface area contributed by atoms with Crippen molar-refractivity contribution in [2.75, 3.05) is 24.7 Å². The summed E-state index contributed by atoms with van der Waals surface area (Å²) in [5, 5.41) is 10.2. The molecule has 1 saturated carbocycles. The molecule has 10 heteroatoms. The zero-order valence-corrected chi connectivity index (χ0v) is 19.4. The molecule has 7 nitrogen and oxygen atoms in total. The van der Waals surface area contributed by atoms with Crippen molar-refractivity contribution in [1.29, 1.82) is 0 Å². The second kappa shape index (κ2) is 10.3. The number of halogens is 3. The highest BCUT2D eigenvalue weighted by molar-refractivity contribution is 5.97. The zero-order chi connectivity index (χ0) is 25.0. The van der Waals surface area contributed by atoms with Gasteiger partial charge in [0, 0.05) is 12.1 Å². The Kier molecular flexibility index (Phi) is 7.18. The topological polar surface area (TPSA) is 94.2 Å². The molecule has 4 rings (SSSR count). The fourth-order valence-corrected chi connectivity index (χ4v) is 4.28. The lowest BCUT2D eigenvalue weighted by atomic mass is 9.89. The highest BCUT2D eigenvalue weighted by atomic mass is 19.4. The number of urea groups is 1. The molecule has 35 heavy (non-hydrogen) atoms. The maximum atomic E-state index is 13.0. The summed E-state index contributed by atoms with van der Waals surface area (Å²) < 4.78 is 45.5. The van der Waals surface area contributed by atoms with Crippen LogP contribution in [-0.4, -0.2) is 29.5 Å². The van der Waals surface area contributed by atoms with Gasteiger partial charge >= 0.3 is 12.2 Å². The largest absolute Gasteiger partial charge is 0.497 e. The number of methoxy groups -OCH3 is 1. The third kappa shape index (κ3) is 5.70. The van der Waals surface area contributed by atoms with E-state index in [1.54, 1.807) is 31.4 Å². The summed E-state index contributed by atoms with van der Waals surface area (Å²) in [6, 6.07) is 11.1. The minimum Gasteiger partial charge on any atom is -0.497 e. The molecule has 0 radical (unpaired) electrons. The van der Waals surface area contributed by atoms with E-state index in [2.05, 4.69) is 15.7 Å². The standard InChI is InChI=1S/C25H28F3N5O2/c1-35-20-13-7-17(8-14-20)21-22(31-24(34)30-15-16-5-3-2-4-6-16)23(29)33(32-21)19-11-9-18(10-12-19)25(26,27)28/h7-14,16H,2-6,15,29H2,1H3,(H2,30,31,34). The molecule has 0 saturated heterocycles. The first-order valence-corrected chi connectivity index (χ1v) is 11.5. The highest BCUT2D eigenvalue weighted by Gasteiger charge is 2.30. The van der Waals surface area contributed by atoms with E-state index in [9.17, 15) is 18.0 Å². The fourth-order valence-electron chi connectivity index (χ4n) is 4.28. The average molecular weight is 488 g/mol. The normalized spacial score (nSPS) is 14.5. The number of rotatable bonds is 6. The van der Waals surface area contributed by atoms with Gasteiger partial charge in [-0.3, -0.25) is 0 Å². The Balaban J connectivity index is 1.63. The van der Waals surface area contributed by atoms with Crippen molar-refractivity contribution in [3.05, 3.63) is 54.1 Å². The van der Waals surface area contributed by atoms with Crippen LogP contribution in [0.3, 0.4) is 0 Å². The van der Waals surface area contributed by atoms with Crippen LogP contribution in [0, 0.1) is 5.92 Å². The van der Waals surface area contributed by atoms with Crippen LogP contribution in [0.4, 0.5) is 29.5 Å². The smallest absolute Gasteiger partial charge is 0.416 e. The van der Waals surface area contributed by atoms with Gasteiger partial charge in [0.2, 0.25) is 0 Å². The predicted octanol–water partition coefficient (Wildman–Crippen LogP) is 5.85. The number of hydrogen-bond acceptors (Lipinski definition) is 4. The minimum atomic E-state index is -4.45. The number of aromatic nitrogens is 2. The molecule has 3 aromatic rings. The van der Waals surface area contributed by atoms with Crippen molar-refractivity contribution in [2.24, 2.45) is 5.92 Å². The van der Waals surface area contributed by atoms with Crippen molar-refractivity contribution in [3.8, 4) is 22.7 Å². The molecule has 2 aromatic carbocycles. The quantitative estimate of drug-likeness (QED) is 0.407. The van der Waals surface area contributed by atoms with Crippen molar-refractivity contribution < 1.29 is 22.7 Å². The van der Waals surface area contributed by atoms with Gasteiger partial charge in [-0.2, -0.15) is 18.3 Å². The summed E-state index contributed by atoms with van der Waals surface area (Å²) in [6.45, 7) is 0.566. The molecule has 1 fully saturated rings. The van der Waals surface area contributed by atoms with Gasteiger partial charge in [0.25, 0.3) is 0 Å². The molecule has 4 N–H and O–H groups in total. The van der Waals surface area contributed by atoms with Gasteiger partial charge in [0.1, 0.15) is 17.1 Å². The lowest BCUT2D eigenvalue weighted by Crippen LogP contribution is -2.34. The van der Waals surface area contributed by atoms with Crippen LogP contribution in [0.5, 0.6) is 5.75 Å². The van der Waals surface area contributed by atoms with Crippen LogP contribution in [-0.2, 0) is 6.18 Å². The number of nitrogen functional groups attached to an aromatic ring is 1. The molecule has 2 amide bonds. The number of benzene rings is 2. The number of anilines is 2. The van der Waals surface area contributed by atoms with Crippen LogP contribution in [0.25, 0.3) is 16.9 Å². The number of amides is 2. The van der Waals surface area contributed by atoms with Crippen molar-refractivity contribution in [3.63, 3.8) is 0 Å². The molecule has 1 aromatic heterocycles. The summed E-state index contributed by atoms with van der Waals surface area (Å²) in [5.41, 5.74) is 7.23. The summed E-state index contributed by atoms with van der Waals surface area (Å²) in [5.74, 6) is 1.19. The van der Waals surface area contributed by atoms with E-state index in [0.29, 0.717) is 35.2 Å². The lowest BCUT2D eigenvalue weighted by molar-refractivity contribution is -0.137. The molecule has 1 heterocycles. The SMILES string of the molecule is COc1ccc(-c2nn(-c3ccc(C(F)(F)F)cc3)c(N)c2NC(=O)NCC2CCCCC2)cc1. The average Bonchev–Trinajstić information content (AvgIpc) is 3.18. The number of alkyl halides is 3. The Labute approximate surface area is 201 Å². The number of nitrogens with two attached hydrogens (primary N) is 1. The van der Waals surface area contributed by atoms with Crippen LogP contribution in [0.2, 0.25) is 0 Å². The Morgan fingerprint density at radius 3 is 2.34 bits per heavy atom. The second-order valence-corrected chi connectivity index (χ2v) is 8.63. The van der Waals surface area contributed by atoms with Gasteiger partial charge in [0.05, 0.1) is 18.4 Å². The van der Waals surface area contributed by atoms with Gasteiger partial charge < -0.3 is 21.1 Å². The third-order valence-corrected chi connectivity index (χ3v) is 6.24. The first-order valence-electron chi connectivity index (χ1n) is 11.5. The van der Waals surface area contributed by atoms with E-state index in [-0.39, 0.29) is 11.5 Å². The number of hydrogen-bond donors (Lipinski definition) is 3. The molecule has 0 spiro atoms. The molecule has 0 aliphatic heterocycles. The summed E-state index contributed by atoms with van der Waals surface area (Å²) in [7, 11) is 1.55. The summed E-state index contributed by atoms with van der Waals surface area (Å²) >= 11 is 0. The summed E-state index contributed by atoms with van der Waals surface area (Å²) in [6.07, 6.45) is 1.29. The second-order valence-electron chi connectivity index (χ2n) is 8.63. The molecular weight excluding hydrogens is 459 g/mol. The molecule has 186 valence electrons. The van der Waals surface area contributed by atoms with Crippen molar-refractivity contribution in [1.82, 2.24) is 15.1 Å². The van der Waals surface area contributed by atoms with Gasteiger partial charge in [0.15, 0.2) is 5.82 Å². The number of ether oxygens (including phenoxy) is 1. The summed E-state index contributed by atoms with van der Waals surface area (Å²) in [4.78, 5) is 12.7. The van der Waals surface area contributed by atoms with Crippen LogP contribution in [0.1, 0.15) is 37.7 Å². The van der Waals surface area contributed by atoms with Gasteiger partial charge in [-0.15, -0.1) is 0 Å². The van der Waals surface area contributed by atoms with Crippen LogP contribution < -0.4 is 21.1 Å². The van der Waals surface area contributed by atoms with Crippen molar-refractivity contribution in [2.45, 2.75) is 38.3 Å². The maximum Gasteiger partial charge on any atom is 0.416 e. The number of nitrogens with zero attached hydrogens (tertiary/aromatic N) is 2. The Morgan fingerprint density at radius 1 is 1.09 bits per heavy atom. The number of carbonyl (C=O) groups is 1. The molecule has 1 aliphatic carbocycles. The molecule has 0 bridgehead atoms. The number of nitrogens with one attached hydrogen (secondary N) is 2. The Hall–Kier alpha value is -3.69. The molecular formula is C25H28F3N5O2. The van der Waals surface area contributed by atoms with E-state index < -0.39 is 17.8 Å². The van der Waals surface area contributed by atoms with Gasteiger partial charge in [-0.05, 0) is 67.3 Å². The van der Waals surface area contributed by atoms with E-state index in [1.807, 2.05) is 0 Å². The van der Waals surface area contributed by atoms with E-state index in [1.165, 1.54) is 36.1 Å². The predicted molar refractivity (Wildman–Crippen MR) is 129 cm³/mol. The molecule has 0 atom stereocenters. The Morgan fingerprint density at radius 2 is 1.74 bits per heavy atom. The van der Waals surface area contributed by atoms with Crippen LogP contribution in [0.15, 0.2) is 48.5 Å². The van der Waals surface area contributed by atoms with Crippen molar-refractivity contribution >= 4 is 17.5 Å². The molecule has 0 unspecified atom stereocenters. The third-order valence-electron chi connectivity index (χ3n) is 6.24. The monoisotopic (exact) mass is 487 g/mol. The fraction of sp³-hybridized carbons (Fsp3) is 0.360. The van der Waals surface area contributed by atoms with E-state index in [0.717, 1.165) is 25.0 Å². The van der Waals surface area contributed by atoms with E-state index >= 15 is 0 Å². The van der Waals surface area contributed by atoms with E-state index in [4.69, 9.17) is 10.5 Å². The maximum absolute atomic E-state index is 13.0.